The summed E-state index contributed by atoms with van der Waals surface area (Å²) in [5, 5.41) is 14.6. The Morgan fingerprint density at radius 2 is 2.16 bits per heavy atom. The van der Waals surface area contributed by atoms with E-state index in [9.17, 15) is 14.7 Å². The number of thiazole rings is 1. The molecule has 1 unspecified atom stereocenters. The Hall–Kier alpha value is -1.43. The van der Waals surface area contributed by atoms with Crippen LogP contribution < -0.4 is 5.32 Å². The molecule has 5 nitrogen and oxygen atoms in total. The molecular weight excluding hydrogens is 264 g/mol. The first kappa shape index (κ1) is 15.6. The normalized spacial score (nSPS) is 13.8. The Morgan fingerprint density at radius 3 is 2.63 bits per heavy atom. The maximum Gasteiger partial charge on any atom is 0.329 e. The molecule has 0 aliphatic rings. The first-order valence-corrected chi connectivity index (χ1v) is 7.27. The van der Waals surface area contributed by atoms with Crippen molar-refractivity contribution < 1.29 is 14.7 Å². The van der Waals surface area contributed by atoms with Crippen molar-refractivity contribution in [3.05, 3.63) is 16.1 Å². The second kappa shape index (κ2) is 6.65. The summed E-state index contributed by atoms with van der Waals surface area (Å²) in [6, 6.07) is 0. The molecule has 0 radical (unpaired) electrons. The Labute approximate surface area is 117 Å². The molecule has 1 heterocycles. The van der Waals surface area contributed by atoms with E-state index >= 15 is 0 Å². The minimum Gasteiger partial charge on any atom is -0.480 e. The molecule has 1 amide bonds. The highest BCUT2D eigenvalue weighted by atomic mass is 32.1. The quantitative estimate of drug-likeness (QED) is 0.802. The van der Waals surface area contributed by atoms with Crippen LogP contribution in [0.4, 0.5) is 0 Å². The van der Waals surface area contributed by atoms with Crippen molar-refractivity contribution in [2.45, 2.75) is 52.0 Å². The maximum atomic E-state index is 11.9. The SMILES string of the molecule is CCCC(C)(NC(=O)Cc1csc(CC)n1)C(=O)O. The third-order valence-corrected chi connectivity index (χ3v) is 3.92. The molecule has 1 rings (SSSR count). The highest BCUT2D eigenvalue weighted by molar-refractivity contribution is 7.09. The van der Waals surface area contributed by atoms with Crippen LogP contribution >= 0.6 is 11.3 Å². The lowest BCUT2D eigenvalue weighted by Crippen LogP contribution is -2.52. The highest BCUT2D eigenvalue weighted by Crippen LogP contribution is 2.14. The molecule has 0 fully saturated rings. The van der Waals surface area contributed by atoms with Gasteiger partial charge >= 0.3 is 5.97 Å². The number of nitrogens with one attached hydrogen (secondary N) is 1. The van der Waals surface area contributed by atoms with E-state index in [1.807, 2.05) is 19.2 Å². The summed E-state index contributed by atoms with van der Waals surface area (Å²) in [4.78, 5) is 27.4. The van der Waals surface area contributed by atoms with Gasteiger partial charge in [0.1, 0.15) is 5.54 Å². The van der Waals surface area contributed by atoms with Crippen LogP contribution in [0.5, 0.6) is 0 Å². The van der Waals surface area contributed by atoms with Crippen molar-refractivity contribution >= 4 is 23.2 Å². The van der Waals surface area contributed by atoms with Gasteiger partial charge in [0.05, 0.1) is 17.1 Å². The number of rotatable bonds is 7. The van der Waals surface area contributed by atoms with Gasteiger partial charge in [0, 0.05) is 5.38 Å². The molecule has 0 saturated carbocycles. The molecule has 6 heteroatoms. The molecule has 1 atom stereocenters. The number of amides is 1. The number of carboxylic acids is 1. The number of carboxylic acid groups (broad SMARTS) is 1. The van der Waals surface area contributed by atoms with Gasteiger partial charge in [-0.2, -0.15) is 0 Å². The number of aromatic nitrogens is 1. The van der Waals surface area contributed by atoms with Crippen molar-refractivity contribution in [2.24, 2.45) is 0 Å². The third kappa shape index (κ3) is 4.31. The zero-order chi connectivity index (χ0) is 14.5. The topological polar surface area (TPSA) is 79.3 Å². The third-order valence-electron chi connectivity index (χ3n) is 2.88. The number of nitrogens with zero attached hydrogens (tertiary/aromatic N) is 1. The average molecular weight is 284 g/mol. The van der Waals surface area contributed by atoms with Crippen LogP contribution in [0.1, 0.15) is 44.3 Å². The molecule has 0 aliphatic heterocycles. The van der Waals surface area contributed by atoms with Crippen LogP contribution in [-0.2, 0) is 22.4 Å². The minimum absolute atomic E-state index is 0.128. The van der Waals surface area contributed by atoms with Gasteiger partial charge in [0.25, 0.3) is 0 Å². The number of carbonyl (C=O) groups excluding carboxylic acids is 1. The molecule has 0 spiro atoms. The maximum absolute atomic E-state index is 11.9. The minimum atomic E-state index is -1.20. The van der Waals surface area contributed by atoms with Gasteiger partial charge < -0.3 is 10.4 Å². The fourth-order valence-electron chi connectivity index (χ4n) is 1.83. The van der Waals surface area contributed by atoms with Crippen molar-refractivity contribution in [3.8, 4) is 0 Å². The lowest BCUT2D eigenvalue weighted by molar-refractivity contribution is -0.147. The van der Waals surface area contributed by atoms with Gasteiger partial charge in [-0.25, -0.2) is 9.78 Å². The molecule has 19 heavy (non-hydrogen) atoms. The first-order chi connectivity index (χ1) is 8.91. The Bertz CT molecular complexity index is 458. The fraction of sp³-hybridized carbons (Fsp3) is 0.615. The molecular formula is C13H20N2O3S. The van der Waals surface area contributed by atoms with Gasteiger partial charge in [0.2, 0.25) is 5.91 Å². The summed E-state index contributed by atoms with van der Waals surface area (Å²) in [7, 11) is 0. The van der Waals surface area contributed by atoms with E-state index in [2.05, 4.69) is 10.3 Å². The zero-order valence-corrected chi connectivity index (χ0v) is 12.3. The van der Waals surface area contributed by atoms with Gasteiger partial charge in [-0.3, -0.25) is 4.79 Å². The number of hydrogen-bond acceptors (Lipinski definition) is 4. The largest absolute Gasteiger partial charge is 0.480 e. The number of carbonyl (C=O) groups is 2. The Morgan fingerprint density at radius 1 is 1.47 bits per heavy atom. The molecule has 1 aromatic heterocycles. The summed E-state index contributed by atoms with van der Waals surface area (Å²) in [5.74, 6) is -1.30. The van der Waals surface area contributed by atoms with Crippen LogP contribution in [0.3, 0.4) is 0 Å². The van der Waals surface area contributed by atoms with Gasteiger partial charge in [0.15, 0.2) is 0 Å². The van der Waals surface area contributed by atoms with Crippen LogP contribution in [0.15, 0.2) is 5.38 Å². The molecule has 0 bridgehead atoms. The van der Waals surface area contributed by atoms with Crippen molar-refractivity contribution in [2.75, 3.05) is 0 Å². The summed E-state index contributed by atoms with van der Waals surface area (Å²) in [6.07, 6.45) is 2.07. The molecule has 0 aromatic carbocycles. The van der Waals surface area contributed by atoms with E-state index in [4.69, 9.17) is 0 Å². The fourth-order valence-corrected chi connectivity index (χ4v) is 2.58. The second-order valence-electron chi connectivity index (χ2n) is 4.70. The van der Waals surface area contributed by atoms with Crippen LogP contribution in [-0.4, -0.2) is 27.5 Å². The zero-order valence-electron chi connectivity index (χ0n) is 11.5. The lowest BCUT2D eigenvalue weighted by Gasteiger charge is -2.25. The van der Waals surface area contributed by atoms with Crippen molar-refractivity contribution in [3.63, 3.8) is 0 Å². The second-order valence-corrected chi connectivity index (χ2v) is 5.64. The molecule has 1 aromatic rings. The number of aliphatic carboxylic acids is 1. The smallest absolute Gasteiger partial charge is 0.329 e. The van der Waals surface area contributed by atoms with E-state index in [1.54, 1.807) is 0 Å². The molecule has 0 saturated heterocycles. The first-order valence-electron chi connectivity index (χ1n) is 6.39. The molecule has 2 N–H and O–H groups in total. The standard InChI is InChI=1S/C13H20N2O3S/c1-4-6-13(3,12(17)18)15-10(16)7-9-8-19-11(5-2)14-9/h8H,4-7H2,1-3H3,(H,15,16)(H,17,18). The van der Waals surface area contributed by atoms with E-state index < -0.39 is 11.5 Å². The van der Waals surface area contributed by atoms with Crippen LogP contribution in [0.2, 0.25) is 0 Å². The van der Waals surface area contributed by atoms with Crippen molar-refractivity contribution in [1.82, 2.24) is 10.3 Å². The Balaban J connectivity index is 2.65. The summed E-state index contributed by atoms with van der Waals surface area (Å²) in [6.45, 7) is 5.43. The van der Waals surface area contributed by atoms with Gasteiger partial charge in [-0.1, -0.05) is 20.3 Å². The van der Waals surface area contributed by atoms with E-state index in [1.165, 1.54) is 18.3 Å². The average Bonchev–Trinajstić information content (AvgIpc) is 2.76. The van der Waals surface area contributed by atoms with E-state index in [-0.39, 0.29) is 12.3 Å². The van der Waals surface area contributed by atoms with Gasteiger partial charge in [-0.05, 0) is 19.8 Å². The molecule has 0 aliphatic carbocycles. The lowest BCUT2D eigenvalue weighted by atomic mass is 9.96. The van der Waals surface area contributed by atoms with E-state index in [0.717, 1.165) is 11.4 Å². The van der Waals surface area contributed by atoms with Crippen LogP contribution in [0.25, 0.3) is 0 Å². The molecule has 106 valence electrons. The van der Waals surface area contributed by atoms with E-state index in [0.29, 0.717) is 18.5 Å². The predicted octanol–water partition coefficient (Wildman–Crippen LogP) is 2.01. The highest BCUT2D eigenvalue weighted by Gasteiger charge is 2.33. The summed E-state index contributed by atoms with van der Waals surface area (Å²) >= 11 is 1.52. The Kier molecular flexibility index (Phi) is 5.47. The summed E-state index contributed by atoms with van der Waals surface area (Å²) in [5.41, 5.74) is -0.501. The predicted molar refractivity (Wildman–Crippen MR) is 74.3 cm³/mol. The number of aryl methyl sites for hydroxylation is 1. The number of hydrogen-bond donors (Lipinski definition) is 2. The summed E-state index contributed by atoms with van der Waals surface area (Å²) < 4.78 is 0. The van der Waals surface area contributed by atoms with Crippen LogP contribution in [0, 0.1) is 0 Å². The monoisotopic (exact) mass is 284 g/mol. The van der Waals surface area contributed by atoms with Crippen molar-refractivity contribution in [1.29, 1.82) is 0 Å². The van der Waals surface area contributed by atoms with Gasteiger partial charge in [-0.15, -0.1) is 11.3 Å².